The van der Waals surface area contributed by atoms with Gasteiger partial charge in [-0.2, -0.15) is 0 Å². The molecule has 3 fully saturated rings. The van der Waals surface area contributed by atoms with Crippen LogP contribution in [0, 0.1) is 30.1 Å². The van der Waals surface area contributed by atoms with Crippen LogP contribution < -0.4 is 0 Å². The van der Waals surface area contributed by atoms with Crippen molar-refractivity contribution in [3.63, 3.8) is 0 Å². The largest absolute Gasteiger partial charge is 0.425 e. The van der Waals surface area contributed by atoms with Gasteiger partial charge in [-0.05, 0) is 49.9 Å². The van der Waals surface area contributed by atoms with Crippen LogP contribution in [0.3, 0.4) is 0 Å². The molecule has 1 atom stereocenters. The molecule has 3 saturated heterocycles. The van der Waals surface area contributed by atoms with Gasteiger partial charge in [0.05, 0.1) is 5.92 Å². The van der Waals surface area contributed by atoms with Gasteiger partial charge in [-0.15, -0.1) is 10.2 Å². The number of hydrogen-bond donors (Lipinski definition) is 0. The van der Waals surface area contributed by atoms with E-state index in [1.54, 1.807) is 6.92 Å². The molecule has 1 amide bonds. The second-order valence-corrected chi connectivity index (χ2v) is 8.49. The van der Waals surface area contributed by atoms with Crippen molar-refractivity contribution < 1.29 is 13.9 Å². The van der Waals surface area contributed by atoms with Crippen molar-refractivity contribution in [2.45, 2.75) is 45.4 Å². The lowest BCUT2D eigenvalue weighted by Gasteiger charge is -2.41. The fourth-order valence-electron chi connectivity index (χ4n) is 5.15. The number of ether oxygens (including phenoxy) is 1. The lowest BCUT2D eigenvalue weighted by molar-refractivity contribution is -0.127. The monoisotopic (exact) mass is 386 g/mol. The smallest absolute Gasteiger partial charge is 0.298 e. The first-order valence-electron chi connectivity index (χ1n) is 10.4. The number of aromatic nitrogens is 2. The first kappa shape index (κ1) is 19.4. The molecule has 4 heterocycles. The maximum Gasteiger partial charge on any atom is 0.298 e. The minimum Gasteiger partial charge on any atom is -0.425 e. The first-order valence-corrected chi connectivity index (χ1v) is 10.4. The number of rotatable bonds is 3. The summed E-state index contributed by atoms with van der Waals surface area (Å²) in [5.41, 5.74) is 0.0978. The molecule has 0 radical (unpaired) electrons. The Balaban J connectivity index is 1.49. The lowest BCUT2D eigenvalue weighted by Crippen LogP contribution is -2.46. The standard InChI is InChI=1S/C21H30N4O3/c1-3-4-19(26)25-9-7-21(8-10-25)15-24(13-17-5-11-27-12-6-17)14-18(21)20-23-22-16(2)28-20/h17-18H,5-15H2,1-2H3. The number of aryl methyl sites for hydroxylation is 1. The van der Waals surface area contributed by atoms with E-state index in [9.17, 15) is 4.79 Å². The number of piperidine rings is 1. The van der Waals surface area contributed by atoms with E-state index in [-0.39, 0.29) is 17.2 Å². The van der Waals surface area contributed by atoms with E-state index in [1.165, 1.54) is 0 Å². The number of likely N-dealkylation sites (tertiary alicyclic amines) is 2. The molecule has 152 valence electrons. The molecule has 1 spiro atoms. The first-order chi connectivity index (χ1) is 13.6. The van der Waals surface area contributed by atoms with Crippen molar-refractivity contribution >= 4 is 5.91 Å². The van der Waals surface area contributed by atoms with Crippen LogP contribution in [0.4, 0.5) is 0 Å². The maximum atomic E-state index is 12.2. The van der Waals surface area contributed by atoms with Gasteiger partial charge < -0.3 is 19.0 Å². The average Bonchev–Trinajstić information content (AvgIpc) is 3.27. The molecule has 7 heteroatoms. The lowest BCUT2D eigenvalue weighted by atomic mass is 9.70. The van der Waals surface area contributed by atoms with Crippen LogP contribution in [-0.2, 0) is 9.53 Å². The van der Waals surface area contributed by atoms with Gasteiger partial charge >= 0.3 is 0 Å². The van der Waals surface area contributed by atoms with Crippen molar-refractivity contribution in [1.82, 2.24) is 20.0 Å². The molecular formula is C21H30N4O3. The van der Waals surface area contributed by atoms with Crippen molar-refractivity contribution in [1.29, 1.82) is 0 Å². The Morgan fingerprint density at radius 2 is 2.00 bits per heavy atom. The highest BCUT2D eigenvalue weighted by Gasteiger charge is 2.51. The highest BCUT2D eigenvalue weighted by Crippen LogP contribution is 2.49. The molecule has 0 N–H and O–H groups in total. The second-order valence-electron chi connectivity index (χ2n) is 8.49. The van der Waals surface area contributed by atoms with E-state index in [1.807, 2.05) is 11.8 Å². The molecule has 1 aromatic heterocycles. The zero-order valence-corrected chi connectivity index (χ0v) is 16.9. The molecule has 28 heavy (non-hydrogen) atoms. The fraction of sp³-hybridized carbons (Fsp3) is 0.762. The van der Waals surface area contributed by atoms with Crippen LogP contribution in [0.1, 0.15) is 50.3 Å². The zero-order valence-electron chi connectivity index (χ0n) is 16.9. The summed E-state index contributed by atoms with van der Waals surface area (Å²) in [6.45, 7) is 9.94. The Labute approximate surface area is 166 Å². The minimum absolute atomic E-state index is 0.0559. The third-order valence-electron chi connectivity index (χ3n) is 6.69. The number of carbonyl (C=O) groups is 1. The van der Waals surface area contributed by atoms with Gasteiger partial charge in [0, 0.05) is 52.9 Å². The fourth-order valence-corrected chi connectivity index (χ4v) is 5.15. The zero-order chi connectivity index (χ0) is 19.6. The van der Waals surface area contributed by atoms with Crippen LogP contribution >= 0.6 is 0 Å². The van der Waals surface area contributed by atoms with Gasteiger partial charge in [0.25, 0.3) is 5.91 Å². The van der Waals surface area contributed by atoms with Crippen LogP contribution in [0.15, 0.2) is 4.42 Å². The molecule has 4 rings (SSSR count). The molecule has 7 nitrogen and oxygen atoms in total. The molecule has 0 aromatic carbocycles. The van der Waals surface area contributed by atoms with E-state index < -0.39 is 0 Å². The molecule has 3 aliphatic heterocycles. The maximum absolute atomic E-state index is 12.2. The van der Waals surface area contributed by atoms with E-state index in [0.29, 0.717) is 11.8 Å². The summed E-state index contributed by atoms with van der Waals surface area (Å²) in [6, 6.07) is 0. The third-order valence-corrected chi connectivity index (χ3v) is 6.69. The van der Waals surface area contributed by atoms with Crippen molar-refractivity contribution in [3.05, 3.63) is 11.8 Å². The number of hydrogen-bond acceptors (Lipinski definition) is 6. The van der Waals surface area contributed by atoms with Gasteiger partial charge in [0.15, 0.2) is 0 Å². The summed E-state index contributed by atoms with van der Waals surface area (Å²) in [5, 5.41) is 8.46. The van der Waals surface area contributed by atoms with Crippen LogP contribution in [0.5, 0.6) is 0 Å². The number of amides is 1. The van der Waals surface area contributed by atoms with E-state index >= 15 is 0 Å². The van der Waals surface area contributed by atoms with E-state index in [0.717, 1.165) is 77.5 Å². The Hall–Kier alpha value is -1.91. The highest BCUT2D eigenvalue weighted by atomic mass is 16.5. The van der Waals surface area contributed by atoms with Crippen molar-refractivity contribution in [2.75, 3.05) is 45.9 Å². The van der Waals surface area contributed by atoms with Crippen LogP contribution in [0.2, 0.25) is 0 Å². The summed E-state index contributed by atoms with van der Waals surface area (Å²) < 4.78 is 11.4. The molecule has 1 aromatic rings. The highest BCUT2D eigenvalue weighted by molar-refractivity contribution is 5.93. The molecule has 0 saturated carbocycles. The average molecular weight is 386 g/mol. The van der Waals surface area contributed by atoms with Gasteiger partial charge in [0.2, 0.25) is 11.8 Å². The van der Waals surface area contributed by atoms with Gasteiger partial charge in [-0.1, -0.05) is 5.92 Å². The molecule has 3 aliphatic rings. The minimum atomic E-state index is -0.0559. The summed E-state index contributed by atoms with van der Waals surface area (Å²) in [6.07, 6.45) is 4.21. The van der Waals surface area contributed by atoms with Crippen molar-refractivity contribution in [3.8, 4) is 11.8 Å². The van der Waals surface area contributed by atoms with Crippen LogP contribution in [-0.4, -0.2) is 71.8 Å². The topological polar surface area (TPSA) is 71.7 Å². The van der Waals surface area contributed by atoms with E-state index in [4.69, 9.17) is 9.15 Å². The quantitative estimate of drug-likeness (QED) is 0.738. The Morgan fingerprint density at radius 1 is 1.25 bits per heavy atom. The molecule has 1 unspecified atom stereocenters. The number of carbonyl (C=O) groups excluding carboxylic acids is 1. The number of nitrogens with zero attached hydrogens (tertiary/aromatic N) is 4. The molecule has 0 aliphatic carbocycles. The summed E-state index contributed by atoms with van der Waals surface area (Å²) in [4.78, 5) is 16.6. The third kappa shape index (κ3) is 3.94. The predicted octanol–water partition coefficient (Wildman–Crippen LogP) is 1.84. The molecule has 0 bridgehead atoms. The summed E-state index contributed by atoms with van der Waals surface area (Å²) in [7, 11) is 0. The second kappa shape index (κ2) is 8.22. The van der Waals surface area contributed by atoms with Gasteiger partial charge in [-0.3, -0.25) is 4.79 Å². The Kier molecular flexibility index (Phi) is 5.70. The predicted molar refractivity (Wildman–Crippen MR) is 103 cm³/mol. The van der Waals surface area contributed by atoms with Crippen LogP contribution in [0.25, 0.3) is 0 Å². The Morgan fingerprint density at radius 3 is 2.64 bits per heavy atom. The van der Waals surface area contributed by atoms with E-state index in [2.05, 4.69) is 26.9 Å². The summed E-state index contributed by atoms with van der Waals surface area (Å²) >= 11 is 0. The molecular weight excluding hydrogens is 356 g/mol. The van der Waals surface area contributed by atoms with Gasteiger partial charge in [0.1, 0.15) is 0 Å². The van der Waals surface area contributed by atoms with Gasteiger partial charge in [-0.25, -0.2) is 0 Å². The SMILES string of the molecule is CC#CC(=O)N1CCC2(CC1)CN(CC1CCOCC1)CC2c1nnc(C)o1. The Bertz CT molecular complexity index is 751. The summed E-state index contributed by atoms with van der Waals surface area (Å²) in [5.74, 6) is 7.68. The normalized spacial score (nSPS) is 25.6. The van der Waals surface area contributed by atoms with Crippen molar-refractivity contribution in [2.24, 2.45) is 11.3 Å².